The van der Waals surface area contributed by atoms with Crippen molar-refractivity contribution in [2.24, 2.45) is 5.41 Å². The van der Waals surface area contributed by atoms with Gasteiger partial charge < -0.3 is 14.7 Å². The molecular weight excluding hydrogens is 321 g/mol. The van der Waals surface area contributed by atoms with Gasteiger partial charge >= 0.3 is 0 Å². The first-order valence-electron chi connectivity index (χ1n) is 8.98. The lowest BCUT2D eigenvalue weighted by Crippen LogP contribution is -2.50. The number of nitrogens with zero attached hydrogens (tertiary/aromatic N) is 3. The average Bonchev–Trinajstić information content (AvgIpc) is 2.99. The Labute approximate surface area is 148 Å². The van der Waals surface area contributed by atoms with Crippen LogP contribution in [0.5, 0.6) is 0 Å². The van der Waals surface area contributed by atoms with Gasteiger partial charge in [0.15, 0.2) is 0 Å². The van der Waals surface area contributed by atoms with Gasteiger partial charge in [0.2, 0.25) is 11.8 Å². The summed E-state index contributed by atoms with van der Waals surface area (Å²) in [5.74, 6) is -0.254. The van der Waals surface area contributed by atoms with Crippen molar-refractivity contribution in [3.8, 4) is 0 Å². The number of amides is 2. The van der Waals surface area contributed by atoms with E-state index in [9.17, 15) is 14.0 Å². The number of benzene rings is 1. The van der Waals surface area contributed by atoms with Gasteiger partial charge in [0, 0.05) is 39.6 Å². The number of hydrogen-bond acceptors (Lipinski definition) is 3. The number of hydrogen-bond donors (Lipinski definition) is 0. The van der Waals surface area contributed by atoms with Gasteiger partial charge in [-0.1, -0.05) is 6.92 Å². The minimum Gasteiger partial charge on any atom is -0.368 e. The van der Waals surface area contributed by atoms with Crippen LogP contribution in [-0.4, -0.2) is 49.4 Å². The average molecular weight is 347 g/mol. The van der Waals surface area contributed by atoms with E-state index in [-0.39, 0.29) is 17.6 Å². The fourth-order valence-corrected chi connectivity index (χ4v) is 3.88. The summed E-state index contributed by atoms with van der Waals surface area (Å²) in [5.41, 5.74) is 0.977. The van der Waals surface area contributed by atoms with Gasteiger partial charge in [0.1, 0.15) is 5.82 Å². The molecule has 2 heterocycles. The number of halogens is 1. The van der Waals surface area contributed by atoms with Crippen molar-refractivity contribution in [3.63, 3.8) is 0 Å². The van der Waals surface area contributed by atoms with Crippen LogP contribution in [0.3, 0.4) is 0 Å². The molecule has 0 saturated carbocycles. The van der Waals surface area contributed by atoms with E-state index in [0.29, 0.717) is 32.6 Å². The molecule has 1 fully saturated rings. The Morgan fingerprint density at radius 3 is 2.60 bits per heavy atom. The monoisotopic (exact) mass is 347 g/mol. The lowest BCUT2D eigenvalue weighted by Gasteiger charge is -2.40. The van der Waals surface area contributed by atoms with Crippen LogP contribution < -0.4 is 9.80 Å². The molecule has 3 rings (SSSR count). The van der Waals surface area contributed by atoms with E-state index in [1.807, 2.05) is 6.92 Å². The van der Waals surface area contributed by atoms with Crippen molar-refractivity contribution in [2.45, 2.75) is 33.6 Å². The van der Waals surface area contributed by atoms with Crippen LogP contribution in [0.15, 0.2) is 18.2 Å². The van der Waals surface area contributed by atoms with Gasteiger partial charge in [0.05, 0.1) is 16.8 Å². The topological polar surface area (TPSA) is 43.9 Å². The van der Waals surface area contributed by atoms with Crippen LogP contribution in [-0.2, 0) is 9.59 Å². The lowest BCUT2D eigenvalue weighted by molar-refractivity contribution is -0.130. The van der Waals surface area contributed by atoms with E-state index in [1.54, 1.807) is 15.9 Å². The molecule has 6 heteroatoms. The van der Waals surface area contributed by atoms with Gasteiger partial charge in [0.25, 0.3) is 0 Å². The molecule has 0 spiro atoms. The van der Waals surface area contributed by atoms with Gasteiger partial charge in [-0.25, -0.2) is 4.39 Å². The third-order valence-electron chi connectivity index (χ3n) is 5.34. The molecule has 2 aliphatic rings. The van der Waals surface area contributed by atoms with Crippen molar-refractivity contribution in [1.82, 2.24) is 4.90 Å². The largest absolute Gasteiger partial charge is 0.368 e. The number of carbonyl (C=O) groups is 2. The quantitative estimate of drug-likeness (QED) is 0.844. The van der Waals surface area contributed by atoms with Crippen molar-refractivity contribution < 1.29 is 14.0 Å². The third kappa shape index (κ3) is 3.22. The highest BCUT2D eigenvalue weighted by molar-refractivity contribution is 6.01. The predicted octanol–water partition coefficient (Wildman–Crippen LogP) is 2.65. The number of carbonyl (C=O) groups excluding carboxylic acids is 2. The maximum absolute atomic E-state index is 13.8. The van der Waals surface area contributed by atoms with Crippen LogP contribution in [0.1, 0.15) is 33.6 Å². The molecule has 0 radical (unpaired) electrons. The summed E-state index contributed by atoms with van der Waals surface area (Å²) in [7, 11) is 0. The van der Waals surface area contributed by atoms with E-state index in [2.05, 4.69) is 11.8 Å². The highest BCUT2D eigenvalue weighted by Crippen LogP contribution is 2.39. The van der Waals surface area contributed by atoms with Crippen molar-refractivity contribution in [1.29, 1.82) is 0 Å². The highest BCUT2D eigenvalue weighted by atomic mass is 19.1. The van der Waals surface area contributed by atoms with E-state index in [1.165, 1.54) is 19.1 Å². The van der Waals surface area contributed by atoms with Crippen LogP contribution in [0.4, 0.5) is 15.8 Å². The first-order valence-corrected chi connectivity index (χ1v) is 8.98. The van der Waals surface area contributed by atoms with Crippen molar-refractivity contribution >= 4 is 23.2 Å². The molecule has 2 amide bonds. The van der Waals surface area contributed by atoms with Crippen LogP contribution >= 0.6 is 0 Å². The lowest BCUT2D eigenvalue weighted by atomic mass is 9.87. The maximum Gasteiger partial charge on any atom is 0.234 e. The summed E-state index contributed by atoms with van der Waals surface area (Å²) in [6, 6.07) is 4.63. The molecule has 0 aromatic heterocycles. The number of rotatable bonds is 3. The zero-order valence-corrected chi connectivity index (χ0v) is 15.2. The summed E-state index contributed by atoms with van der Waals surface area (Å²) in [5, 5.41) is 0. The molecule has 2 aliphatic heterocycles. The standard InChI is InChI=1S/C19H26FN3O2/c1-4-8-21-10-11-23(16-6-5-15(20)12-17(16)21)18(25)19(3)7-9-22(13-19)14(2)24/h5-6,12H,4,7-11,13H2,1-3H3. The van der Waals surface area contributed by atoms with Crippen LogP contribution in [0.2, 0.25) is 0 Å². The molecule has 25 heavy (non-hydrogen) atoms. The smallest absolute Gasteiger partial charge is 0.234 e. The Balaban J connectivity index is 1.89. The van der Waals surface area contributed by atoms with E-state index in [4.69, 9.17) is 0 Å². The summed E-state index contributed by atoms with van der Waals surface area (Å²) < 4.78 is 13.8. The van der Waals surface area contributed by atoms with Gasteiger partial charge in [-0.2, -0.15) is 0 Å². The number of fused-ring (bicyclic) bond motifs is 1. The molecule has 0 N–H and O–H groups in total. The maximum atomic E-state index is 13.8. The fourth-order valence-electron chi connectivity index (χ4n) is 3.88. The van der Waals surface area contributed by atoms with Crippen molar-refractivity contribution in [3.05, 3.63) is 24.0 Å². The summed E-state index contributed by atoms with van der Waals surface area (Å²) in [4.78, 5) is 30.6. The van der Waals surface area contributed by atoms with E-state index >= 15 is 0 Å². The Hall–Kier alpha value is -2.11. The number of likely N-dealkylation sites (tertiary alicyclic amines) is 1. The van der Waals surface area contributed by atoms with Gasteiger partial charge in [-0.15, -0.1) is 0 Å². The van der Waals surface area contributed by atoms with Crippen LogP contribution in [0.25, 0.3) is 0 Å². The third-order valence-corrected chi connectivity index (χ3v) is 5.34. The molecular formula is C19H26FN3O2. The molecule has 1 unspecified atom stereocenters. The molecule has 0 aliphatic carbocycles. The molecule has 5 nitrogen and oxygen atoms in total. The normalized spacial score (nSPS) is 23.0. The molecule has 1 aromatic rings. The van der Waals surface area contributed by atoms with E-state index < -0.39 is 5.41 Å². The minimum atomic E-state index is -0.579. The fraction of sp³-hybridized carbons (Fsp3) is 0.579. The zero-order chi connectivity index (χ0) is 18.2. The Kier molecular flexibility index (Phi) is 4.71. The number of anilines is 2. The molecule has 1 aromatic carbocycles. The van der Waals surface area contributed by atoms with Crippen LogP contribution in [0, 0.1) is 11.2 Å². The minimum absolute atomic E-state index is 0.00626. The first-order chi connectivity index (χ1) is 11.9. The Bertz CT molecular complexity index is 693. The van der Waals surface area contributed by atoms with Crippen molar-refractivity contribution in [2.75, 3.05) is 42.5 Å². The van der Waals surface area contributed by atoms with E-state index in [0.717, 1.165) is 24.3 Å². The SMILES string of the molecule is CCCN1CCN(C(=O)C2(C)CCN(C(C)=O)C2)c2ccc(F)cc21. The second kappa shape index (κ2) is 6.65. The Morgan fingerprint density at radius 2 is 1.96 bits per heavy atom. The molecule has 0 bridgehead atoms. The predicted molar refractivity (Wildman–Crippen MR) is 96.2 cm³/mol. The summed E-state index contributed by atoms with van der Waals surface area (Å²) in [6.45, 7) is 8.75. The molecule has 1 atom stereocenters. The molecule has 136 valence electrons. The van der Waals surface area contributed by atoms with Gasteiger partial charge in [-0.3, -0.25) is 9.59 Å². The second-order valence-electron chi connectivity index (χ2n) is 7.33. The first kappa shape index (κ1) is 17.7. The summed E-state index contributed by atoms with van der Waals surface area (Å²) in [6.07, 6.45) is 1.63. The Morgan fingerprint density at radius 1 is 1.20 bits per heavy atom. The van der Waals surface area contributed by atoms with Gasteiger partial charge in [-0.05, 0) is 38.0 Å². The highest BCUT2D eigenvalue weighted by Gasteiger charge is 2.44. The zero-order valence-electron chi connectivity index (χ0n) is 15.2. The second-order valence-corrected chi connectivity index (χ2v) is 7.33. The molecule has 1 saturated heterocycles. The summed E-state index contributed by atoms with van der Waals surface area (Å²) >= 11 is 0.